The van der Waals surface area contributed by atoms with Gasteiger partial charge in [-0.05, 0) is 39.7 Å². The molecule has 1 aromatic rings. The first-order chi connectivity index (χ1) is 7.46. The van der Waals surface area contributed by atoms with E-state index in [2.05, 4.69) is 4.98 Å². The van der Waals surface area contributed by atoms with E-state index in [1.807, 2.05) is 20.8 Å². The average Bonchev–Trinajstić information content (AvgIpc) is 2.92. The number of halogens is 1. The van der Waals surface area contributed by atoms with Crippen molar-refractivity contribution in [1.82, 2.24) is 4.98 Å². The third kappa shape index (κ3) is 2.84. The van der Waals surface area contributed by atoms with Crippen LogP contribution in [0.3, 0.4) is 0 Å². The van der Waals surface area contributed by atoms with Gasteiger partial charge in [0.1, 0.15) is 5.60 Å². The first-order valence-corrected chi connectivity index (χ1v) is 5.46. The largest absolute Gasteiger partial charge is 0.482 e. The summed E-state index contributed by atoms with van der Waals surface area (Å²) in [7, 11) is 0. The van der Waals surface area contributed by atoms with Crippen LogP contribution in [0.2, 0.25) is 0 Å². The lowest BCUT2D eigenvalue weighted by atomic mass is 10.2. The van der Waals surface area contributed by atoms with Crippen molar-refractivity contribution in [3.8, 4) is 11.6 Å². The molecule has 0 bridgehead atoms. The number of rotatable bonds is 3. The Morgan fingerprint density at radius 3 is 2.62 bits per heavy atom. The van der Waals surface area contributed by atoms with Gasteiger partial charge in [-0.1, -0.05) is 0 Å². The number of pyridine rings is 1. The molecule has 88 valence electrons. The maximum atomic E-state index is 13.6. The summed E-state index contributed by atoms with van der Waals surface area (Å²) < 4.78 is 24.6. The molecule has 1 heterocycles. The molecule has 1 aliphatic carbocycles. The van der Waals surface area contributed by atoms with E-state index in [9.17, 15) is 4.39 Å². The maximum absolute atomic E-state index is 13.6. The summed E-state index contributed by atoms with van der Waals surface area (Å²) >= 11 is 0. The molecule has 0 atom stereocenters. The Morgan fingerprint density at radius 2 is 2.06 bits per heavy atom. The first-order valence-electron chi connectivity index (χ1n) is 5.46. The highest BCUT2D eigenvalue weighted by Gasteiger charge is 2.28. The molecule has 16 heavy (non-hydrogen) atoms. The van der Waals surface area contributed by atoms with Gasteiger partial charge in [0, 0.05) is 6.20 Å². The summed E-state index contributed by atoms with van der Waals surface area (Å²) in [6.07, 6.45) is 3.46. The van der Waals surface area contributed by atoms with E-state index in [4.69, 9.17) is 9.47 Å². The zero-order chi connectivity index (χ0) is 11.8. The molecule has 0 unspecified atom stereocenters. The highest BCUT2D eigenvalue weighted by molar-refractivity contribution is 5.35. The van der Waals surface area contributed by atoms with Gasteiger partial charge in [-0.25, -0.2) is 9.37 Å². The molecule has 1 saturated carbocycles. The molecular formula is C12H16FNO2. The molecule has 0 radical (unpaired) electrons. The summed E-state index contributed by atoms with van der Waals surface area (Å²) in [5.74, 6) is -0.0412. The molecule has 0 saturated heterocycles. The van der Waals surface area contributed by atoms with Crippen molar-refractivity contribution >= 4 is 0 Å². The molecule has 3 nitrogen and oxygen atoms in total. The van der Waals surface area contributed by atoms with Crippen LogP contribution in [0, 0.1) is 5.82 Å². The standard InChI is InChI=1S/C12H16FNO2/c1-12(2,3)16-11-10(15-8-4-5-8)9(13)6-7-14-11/h6-8H,4-5H2,1-3H3. The molecule has 0 aromatic carbocycles. The Morgan fingerprint density at radius 1 is 1.38 bits per heavy atom. The molecule has 0 amide bonds. The molecule has 0 spiro atoms. The fourth-order valence-electron chi connectivity index (χ4n) is 1.23. The Bertz CT molecular complexity index is 383. The second-order valence-corrected chi connectivity index (χ2v) is 4.96. The number of hydrogen-bond donors (Lipinski definition) is 0. The van der Waals surface area contributed by atoms with E-state index >= 15 is 0 Å². The molecule has 2 rings (SSSR count). The first kappa shape index (κ1) is 11.2. The quantitative estimate of drug-likeness (QED) is 0.792. The smallest absolute Gasteiger partial charge is 0.260 e. The van der Waals surface area contributed by atoms with Crippen molar-refractivity contribution in [2.45, 2.75) is 45.3 Å². The molecule has 0 aliphatic heterocycles. The Balaban J connectivity index is 2.24. The molecule has 1 aromatic heterocycles. The Hall–Kier alpha value is -1.32. The van der Waals surface area contributed by atoms with Gasteiger partial charge in [0.25, 0.3) is 5.88 Å². The van der Waals surface area contributed by atoms with E-state index in [1.54, 1.807) is 0 Å². The number of hydrogen-bond acceptors (Lipinski definition) is 3. The van der Waals surface area contributed by atoms with Crippen LogP contribution >= 0.6 is 0 Å². The van der Waals surface area contributed by atoms with Gasteiger partial charge in [0.15, 0.2) is 5.82 Å². The third-order valence-corrected chi connectivity index (χ3v) is 2.04. The second-order valence-electron chi connectivity index (χ2n) is 4.96. The van der Waals surface area contributed by atoms with Crippen LogP contribution in [0.1, 0.15) is 33.6 Å². The van der Waals surface area contributed by atoms with E-state index in [0.717, 1.165) is 12.8 Å². The van der Waals surface area contributed by atoms with E-state index in [1.165, 1.54) is 12.3 Å². The van der Waals surface area contributed by atoms with Crippen molar-refractivity contribution < 1.29 is 13.9 Å². The minimum Gasteiger partial charge on any atom is -0.482 e. The zero-order valence-electron chi connectivity index (χ0n) is 9.79. The minimum atomic E-state index is -0.416. The van der Waals surface area contributed by atoms with Crippen LogP contribution < -0.4 is 9.47 Å². The number of nitrogens with zero attached hydrogens (tertiary/aromatic N) is 1. The molecule has 4 heteroatoms. The predicted molar refractivity (Wildman–Crippen MR) is 58.2 cm³/mol. The molecule has 1 fully saturated rings. The Kier molecular flexibility index (Phi) is 2.74. The predicted octanol–water partition coefficient (Wildman–Crippen LogP) is 2.94. The van der Waals surface area contributed by atoms with Gasteiger partial charge in [0.2, 0.25) is 5.75 Å². The lowest BCUT2D eigenvalue weighted by Gasteiger charge is -2.22. The van der Waals surface area contributed by atoms with Crippen LogP contribution in [0.25, 0.3) is 0 Å². The van der Waals surface area contributed by atoms with Crippen LogP contribution in [0.4, 0.5) is 4.39 Å². The lowest BCUT2D eigenvalue weighted by molar-refractivity contribution is 0.114. The van der Waals surface area contributed by atoms with Crippen molar-refractivity contribution in [2.24, 2.45) is 0 Å². The summed E-state index contributed by atoms with van der Waals surface area (Å²) in [5, 5.41) is 0. The average molecular weight is 225 g/mol. The normalized spacial score (nSPS) is 16.0. The van der Waals surface area contributed by atoms with Crippen LogP contribution in [-0.2, 0) is 0 Å². The monoisotopic (exact) mass is 225 g/mol. The minimum absolute atomic E-state index is 0.126. The van der Waals surface area contributed by atoms with Gasteiger partial charge in [-0.15, -0.1) is 0 Å². The lowest BCUT2D eigenvalue weighted by Crippen LogP contribution is -2.24. The van der Waals surface area contributed by atoms with Gasteiger partial charge in [-0.3, -0.25) is 0 Å². The topological polar surface area (TPSA) is 31.4 Å². The van der Waals surface area contributed by atoms with E-state index in [-0.39, 0.29) is 17.7 Å². The highest BCUT2D eigenvalue weighted by atomic mass is 19.1. The van der Waals surface area contributed by atoms with E-state index in [0.29, 0.717) is 0 Å². The van der Waals surface area contributed by atoms with E-state index < -0.39 is 11.4 Å². The van der Waals surface area contributed by atoms with Crippen molar-refractivity contribution in [1.29, 1.82) is 0 Å². The summed E-state index contributed by atoms with van der Waals surface area (Å²) in [4.78, 5) is 4.02. The van der Waals surface area contributed by atoms with Crippen LogP contribution in [0.5, 0.6) is 11.6 Å². The zero-order valence-corrected chi connectivity index (χ0v) is 9.79. The van der Waals surface area contributed by atoms with Crippen LogP contribution in [-0.4, -0.2) is 16.7 Å². The van der Waals surface area contributed by atoms with Gasteiger partial charge >= 0.3 is 0 Å². The fraction of sp³-hybridized carbons (Fsp3) is 0.583. The summed E-state index contributed by atoms with van der Waals surface area (Å²) in [6.45, 7) is 5.67. The summed E-state index contributed by atoms with van der Waals surface area (Å²) in [6, 6.07) is 1.28. The van der Waals surface area contributed by atoms with Crippen molar-refractivity contribution in [3.05, 3.63) is 18.1 Å². The maximum Gasteiger partial charge on any atom is 0.260 e. The van der Waals surface area contributed by atoms with Crippen LogP contribution in [0.15, 0.2) is 12.3 Å². The fourth-order valence-corrected chi connectivity index (χ4v) is 1.23. The van der Waals surface area contributed by atoms with Crippen molar-refractivity contribution in [2.75, 3.05) is 0 Å². The second kappa shape index (κ2) is 3.92. The van der Waals surface area contributed by atoms with Gasteiger partial charge < -0.3 is 9.47 Å². The SMILES string of the molecule is CC(C)(C)Oc1nccc(F)c1OC1CC1. The van der Waals surface area contributed by atoms with Gasteiger partial charge in [-0.2, -0.15) is 0 Å². The molecule has 0 N–H and O–H groups in total. The van der Waals surface area contributed by atoms with Crippen molar-refractivity contribution in [3.63, 3.8) is 0 Å². The molecular weight excluding hydrogens is 209 g/mol. The Labute approximate surface area is 94.6 Å². The number of aromatic nitrogens is 1. The third-order valence-electron chi connectivity index (χ3n) is 2.04. The number of ether oxygens (including phenoxy) is 2. The highest BCUT2D eigenvalue weighted by Crippen LogP contribution is 2.35. The van der Waals surface area contributed by atoms with Gasteiger partial charge in [0.05, 0.1) is 6.10 Å². The summed E-state index contributed by atoms with van der Waals surface area (Å²) in [5.41, 5.74) is -0.414. The molecule has 1 aliphatic rings.